The van der Waals surface area contributed by atoms with Crippen LogP contribution in [0.1, 0.15) is 5.56 Å². The van der Waals surface area contributed by atoms with Crippen molar-refractivity contribution in [3.05, 3.63) is 52.4 Å². The van der Waals surface area contributed by atoms with Gasteiger partial charge in [-0.2, -0.15) is 13.2 Å². The Morgan fingerprint density at radius 2 is 1.77 bits per heavy atom. The molecule has 0 spiro atoms. The highest BCUT2D eigenvalue weighted by molar-refractivity contribution is 6.01. The van der Waals surface area contributed by atoms with Gasteiger partial charge in [0.25, 0.3) is 0 Å². The van der Waals surface area contributed by atoms with Crippen LogP contribution in [0.25, 0.3) is 16.8 Å². The van der Waals surface area contributed by atoms with Crippen LogP contribution in [0, 0.1) is 4.91 Å². The number of benzene rings is 2. The summed E-state index contributed by atoms with van der Waals surface area (Å²) in [4.78, 5) is 21.7. The summed E-state index contributed by atoms with van der Waals surface area (Å²) >= 11 is 0. The van der Waals surface area contributed by atoms with Gasteiger partial charge in [-0.25, -0.2) is 0 Å². The molecule has 7 heteroatoms. The number of rotatable bonds is 1. The molecule has 1 amide bonds. The largest absolute Gasteiger partial charge is 0.475 e. The van der Waals surface area contributed by atoms with Crippen LogP contribution in [-0.2, 0) is 4.79 Å². The number of halogens is 3. The number of hydrogen-bond donors (Lipinski definition) is 0. The van der Waals surface area contributed by atoms with Crippen LogP contribution in [0.4, 0.5) is 13.2 Å². The molecule has 1 heterocycles. The molecule has 1 aliphatic rings. The Hall–Kier alpha value is -2.70. The van der Waals surface area contributed by atoms with Crippen LogP contribution in [0.3, 0.4) is 0 Å². The average molecular weight is 307 g/mol. The Bertz CT molecular complexity index is 811. The molecule has 0 saturated heterocycles. The summed E-state index contributed by atoms with van der Waals surface area (Å²) in [7, 11) is 0. The van der Waals surface area contributed by atoms with E-state index in [4.69, 9.17) is 4.74 Å². The van der Waals surface area contributed by atoms with Crippen molar-refractivity contribution in [2.24, 2.45) is 5.18 Å². The van der Waals surface area contributed by atoms with Crippen molar-refractivity contribution < 1.29 is 22.7 Å². The maximum Gasteiger partial charge on any atom is 0.429 e. The molecule has 0 saturated carbocycles. The second-order valence-corrected chi connectivity index (χ2v) is 4.77. The van der Waals surface area contributed by atoms with Gasteiger partial charge in [-0.1, -0.05) is 24.3 Å². The third-order valence-electron chi connectivity index (χ3n) is 3.34. The SMILES string of the molecule is O=NC(=O)C1=Cc2cc3ccccc3cc2OC1C(F)(F)F. The molecule has 4 nitrogen and oxygen atoms in total. The maximum absolute atomic E-state index is 13.0. The highest BCUT2D eigenvalue weighted by atomic mass is 19.4. The van der Waals surface area contributed by atoms with Gasteiger partial charge in [-0.05, 0) is 29.0 Å². The predicted molar refractivity (Wildman–Crippen MR) is 73.2 cm³/mol. The van der Waals surface area contributed by atoms with E-state index in [9.17, 15) is 22.9 Å². The molecule has 3 rings (SSSR count). The van der Waals surface area contributed by atoms with Crippen LogP contribution in [0.15, 0.2) is 47.1 Å². The van der Waals surface area contributed by atoms with E-state index in [1.54, 1.807) is 30.3 Å². The van der Waals surface area contributed by atoms with E-state index in [2.05, 4.69) is 5.18 Å². The van der Waals surface area contributed by atoms with Gasteiger partial charge in [-0.15, -0.1) is 4.91 Å². The Balaban J connectivity index is 2.20. The van der Waals surface area contributed by atoms with Crippen molar-refractivity contribution in [3.8, 4) is 5.75 Å². The average Bonchev–Trinajstić information content (AvgIpc) is 2.49. The molecule has 112 valence electrons. The summed E-state index contributed by atoms with van der Waals surface area (Å²) in [6.07, 6.45) is -6.31. The molecule has 0 fully saturated rings. The molecule has 0 radical (unpaired) electrons. The van der Waals surface area contributed by atoms with E-state index in [-0.39, 0.29) is 5.75 Å². The fourth-order valence-electron chi connectivity index (χ4n) is 2.36. The summed E-state index contributed by atoms with van der Waals surface area (Å²) in [5.41, 5.74) is -0.517. The number of nitrogens with zero attached hydrogens (tertiary/aromatic N) is 1. The van der Waals surface area contributed by atoms with Gasteiger partial charge >= 0.3 is 12.1 Å². The van der Waals surface area contributed by atoms with E-state index in [1.807, 2.05) is 0 Å². The molecule has 0 aromatic heterocycles. The van der Waals surface area contributed by atoms with Crippen LogP contribution in [-0.4, -0.2) is 18.2 Å². The Labute approximate surface area is 122 Å². The third-order valence-corrected chi connectivity index (χ3v) is 3.34. The first kappa shape index (κ1) is 14.2. The molecule has 0 bridgehead atoms. The topological polar surface area (TPSA) is 55.7 Å². The fourth-order valence-corrected chi connectivity index (χ4v) is 2.36. The molecule has 2 aromatic carbocycles. The number of amides is 1. The number of ether oxygens (including phenoxy) is 1. The maximum atomic E-state index is 13.0. The number of nitroso groups, excluding NO2 is 1. The van der Waals surface area contributed by atoms with Crippen molar-refractivity contribution in [2.45, 2.75) is 12.3 Å². The molecule has 1 aliphatic heterocycles. The fraction of sp³-hybridized carbons (Fsp3) is 0.133. The molecular formula is C15H8F3NO3. The second-order valence-electron chi connectivity index (χ2n) is 4.77. The highest BCUT2D eigenvalue weighted by Crippen LogP contribution is 2.39. The van der Waals surface area contributed by atoms with E-state index in [0.29, 0.717) is 10.9 Å². The molecule has 0 N–H and O–H groups in total. The van der Waals surface area contributed by atoms with Crippen LogP contribution in [0.2, 0.25) is 0 Å². The van der Waals surface area contributed by atoms with Gasteiger partial charge in [0, 0.05) is 10.7 Å². The zero-order valence-corrected chi connectivity index (χ0v) is 10.9. The third kappa shape index (κ3) is 2.34. The van der Waals surface area contributed by atoms with Crippen molar-refractivity contribution in [1.82, 2.24) is 0 Å². The molecule has 1 atom stereocenters. The van der Waals surface area contributed by atoms with Gasteiger partial charge in [0.2, 0.25) is 6.10 Å². The Morgan fingerprint density at radius 1 is 1.14 bits per heavy atom. The normalized spacial score (nSPS) is 17.4. The lowest BCUT2D eigenvalue weighted by Crippen LogP contribution is -2.40. The summed E-state index contributed by atoms with van der Waals surface area (Å²) in [6.45, 7) is 0. The van der Waals surface area contributed by atoms with Gasteiger partial charge < -0.3 is 4.74 Å². The number of alkyl halides is 3. The minimum Gasteiger partial charge on any atom is -0.475 e. The van der Waals surface area contributed by atoms with Crippen molar-refractivity contribution in [2.75, 3.05) is 0 Å². The molecule has 0 aliphatic carbocycles. The number of carbonyl (C=O) groups excluding carboxylic acids is 1. The van der Waals surface area contributed by atoms with Crippen molar-refractivity contribution in [1.29, 1.82) is 0 Å². The monoisotopic (exact) mass is 307 g/mol. The summed E-state index contributed by atoms with van der Waals surface area (Å²) in [5, 5.41) is 3.56. The number of fused-ring (bicyclic) bond motifs is 2. The van der Waals surface area contributed by atoms with E-state index >= 15 is 0 Å². The Morgan fingerprint density at radius 3 is 2.36 bits per heavy atom. The van der Waals surface area contributed by atoms with Crippen LogP contribution >= 0.6 is 0 Å². The van der Waals surface area contributed by atoms with Crippen LogP contribution in [0.5, 0.6) is 5.75 Å². The van der Waals surface area contributed by atoms with Gasteiger partial charge in [-0.3, -0.25) is 4.79 Å². The number of carbonyl (C=O) groups is 1. The van der Waals surface area contributed by atoms with Gasteiger partial charge in [0.05, 0.1) is 5.57 Å². The lowest BCUT2D eigenvalue weighted by molar-refractivity contribution is -0.185. The molecular weight excluding hydrogens is 299 g/mol. The first-order chi connectivity index (χ1) is 10.4. The second kappa shape index (κ2) is 4.94. The lowest BCUT2D eigenvalue weighted by atomic mass is 9.98. The van der Waals surface area contributed by atoms with Gasteiger partial charge in [0.1, 0.15) is 5.75 Å². The molecule has 2 aromatic rings. The lowest BCUT2D eigenvalue weighted by Gasteiger charge is -2.27. The zero-order chi connectivity index (χ0) is 15.9. The smallest absolute Gasteiger partial charge is 0.429 e. The molecule has 22 heavy (non-hydrogen) atoms. The summed E-state index contributed by atoms with van der Waals surface area (Å²) in [5.74, 6) is -1.48. The van der Waals surface area contributed by atoms with Gasteiger partial charge in [0.15, 0.2) is 0 Å². The van der Waals surface area contributed by atoms with E-state index in [0.717, 1.165) is 11.5 Å². The minimum atomic E-state index is -4.82. The summed E-state index contributed by atoms with van der Waals surface area (Å²) in [6, 6.07) is 10.1. The predicted octanol–water partition coefficient (Wildman–Crippen LogP) is 3.84. The molecule has 1 unspecified atom stereocenters. The van der Waals surface area contributed by atoms with Crippen molar-refractivity contribution >= 4 is 22.8 Å². The minimum absolute atomic E-state index is 0.00322. The van der Waals surface area contributed by atoms with Crippen LogP contribution < -0.4 is 4.74 Å². The van der Waals surface area contributed by atoms with Crippen molar-refractivity contribution in [3.63, 3.8) is 0 Å². The quantitative estimate of drug-likeness (QED) is 0.752. The standard InChI is InChI=1S/C15H8F3NO3/c16-15(17,18)13-11(14(20)19-21)6-10-5-8-3-1-2-4-9(8)7-12(10)22-13/h1-7,13H. The number of hydrogen-bond acceptors (Lipinski definition) is 3. The van der Waals surface area contributed by atoms with E-state index < -0.39 is 23.8 Å². The Kier molecular flexibility index (Phi) is 3.20. The van der Waals surface area contributed by atoms with E-state index in [1.165, 1.54) is 6.07 Å². The highest BCUT2D eigenvalue weighted by Gasteiger charge is 2.48. The zero-order valence-electron chi connectivity index (χ0n) is 10.9. The summed E-state index contributed by atoms with van der Waals surface area (Å²) < 4.78 is 44.0. The first-order valence-corrected chi connectivity index (χ1v) is 6.25. The first-order valence-electron chi connectivity index (χ1n) is 6.25.